The number of carbonyl (C=O) groups is 7. The lowest BCUT2D eigenvalue weighted by Gasteiger charge is -2.31. The third-order valence-corrected chi connectivity index (χ3v) is 7.56. The molecular formula is C28H47N9O9. The van der Waals surface area contributed by atoms with Crippen LogP contribution in [0, 0.1) is 5.92 Å². The third-order valence-electron chi connectivity index (χ3n) is 7.56. The van der Waals surface area contributed by atoms with Crippen LogP contribution in [-0.2, 0) is 33.6 Å². The van der Waals surface area contributed by atoms with Crippen molar-refractivity contribution in [2.75, 3.05) is 13.1 Å². The Morgan fingerprint density at radius 2 is 1.48 bits per heavy atom. The fourth-order valence-electron chi connectivity index (χ4n) is 5.25. The van der Waals surface area contributed by atoms with Gasteiger partial charge in [0.2, 0.25) is 35.4 Å². The van der Waals surface area contributed by atoms with Crippen LogP contribution in [0.25, 0.3) is 0 Å². The van der Waals surface area contributed by atoms with Gasteiger partial charge in [0.05, 0.1) is 12.5 Å². The van der Waals surface area contributed by atoms with Gasteiger partial charge < -0.3 is 53.2 Å². The van der Waals surface area contributed by atoms with Gasteiger partial charge in [-0.3, -0.25) is 38.6 Å². The van der Waals surface area contributed by atoms with Crippen molar-refractivity contribution in [3.05, 3.63) is 0 Å². The lowest BCUT2D eigenvalue weighted by Crippen LogP contribution is -2.62. The highest BCUT2D eigenvalue weighted by molar-refractivity contribution is 5.99. The minimum atomic E-state index is -1.70. The maximum Gasteiger partial charge on any atom is 0.305 e. The Bertz CT molecular complexity index is 1190. The van der Waals surface area contributed by atoms with Gasteiger partial charge in [0, 0.05) is 13.1 Å². The molecule has 2 heterocycles. The van der Waals surface area contributed by atoms with Crippen molar-refractivity contribution in [2.45, 2.75) is 109 Å². The zero-order valence-corrected chi connectivity index (χ0v) is 26.6. The highest BCUT2D eigenvalue weighted by Crippen LogP contribution is 2.19. The van der Waals surface area contributed by atoms with Gasteiger partial charge in [-0.1, -0.05) is 13.8 Å². The number of amides is 6. The van der Waals surface area contributed by atoms with Crippen LogP contribution in [0.2, 0.25) is 0 Å². The predicted molar refractivity (Wildman–Crippen MR) is 163 cm³/mol. The third kappa shape index (κ3) is 11.1. The summed E-state index contributed by atoms with van der Waals surface area (Å²) in [4.78, 5) is 97.0. The highest BCUT2D eigenvalue weighted by atomic mass is 16.4. The molecule has 0 aromatic heterocycles. The van der Waals surface area contributed by atoms with Crippen LogP contribution in [0.1, 0.15) is 66.2 Å². The Morgan fingerprint density at radius 1 is 0.891 bits per heavy atom. The van der Waals surface area contributed by atoms with Crippen molar-refractivity contribution in [2.24, 2.45) is 22.4 Å². The standard InChI is InChI=1S/C28H47N9O9/c1-13(2)11-17-23(42)35-18(12-20(39)40)24(43)36-21(15(4)38)26(45)32-14(3)27(46)37-10-6-8-19(37)25(44)33-16(22(41)34-17)7-5-9-31-28(29)30/h13-19,21,38H,5-12H2,1-4H3,(H,32,45)(H,33,44)(H,34,41)(H,35,42)(H,36,43)(H,39,40)(H4,29,30,31)/t14-,15+,16-,17-,18-,19+,21-/m0/s1. The van der Waals surface area contributed by atoms with Crippen molar-refractivity contribution in [1.82, 2.24) is 31.5 Å². The van der Waals surface area contributed by atoms with E-state index in [-0.39, 0.29) is 50.7 Å². The van der Waals surface area contributed by atoms with Crippen LogP contribution in [0.5, 0.6) is 0 Å². The van der Waals surface area contributed by atoms with Crippen LogP contribution in [0.4, 0.5) is 0 Å². The van der Waals surface area contributed by atoms with E-state index in [1.807, 2.05) is 0 Å². The summed E-state index contributed by atoms with van der Waals surface area (Å²) in [6.07, 6.45) is -1.21. The van der Waals surface area contributed by atoms with Gasteiger partial charge in [0.1, 0.15) is 36.3 Å². The molecule has 0 aliphatic carbocycles. The van der Waals surface area contributed by atoms with Crippen LogP contribution < -0.4 is 38.1 Å². The number of fused-ring (bicyclic) bond motifs is 1. The quantitative estimate of drug-likeness (QED) is 0.0665. The number of hydrogen-bond donors (Lipinski definition) is 9. The first-order valence-electron chi connectivity index (χ1n) is 15.3. The average molecular weight is 654 g/mol. The van der Waals surface area contributed by atoms with Gasteiger partial charge in [-0.25, -0.2) is 0 Å². The van der Waals surface area contributed by atoms with Gasteiger partial charge in [-0.15, -0.1) is 0 Å². The molecule has 0 spiro atoms. The summed E-state index contributed by atoms with van der Waals surface area (Å²) in [6, 6.07) is -7.92. The van der Waals surface area contributed by atoms with Crippen molar-refractivity contribution in [3.8, 4) is 0 Å². The topological polar surface area (TPSA) is 288 Å². The second kappa shape index (κ2) is 17.3. The number of nitrogens with two attached hydrogens (primary N) is 2. The maximum atomic E-state index is 13.6. The number of carbonyl (C=O) groups excluding carboxylic acids is 6. The van der Waals surface area contributed by atoms with Crippen LogP contribution in [0.15, 0.2) is 4.99 Å². The number of aliphatic hydroxyl groups excluding tert-OH is 1. The van der Waals surface area contributed by atoms with E-state index in [0.29, 0.717) is 6.42 Å². The summed E-state index contributed by atoms with van der Waals surface area (Å²) in [5.74, 6) is -6.63. The van der Waals surface area contributed by atoms with Gasteiger partial charge in [-0.2, -0.15) is 0 Å². The molecule has 2 fully saturated rings. The second-order valence-electron chi connectivity index (χ2n) is 12.0. The van der Waals surface area contributed by atoms with Gasteiger partial charge in [0.25, 0.3) is 0 Å². The van der Waals surface area contributed by atoms with Crippen molar-refractivity contribution in [3.63, 3.8) is 0 Å². The molecule has 0 radical (unpaired) electrons. The summed E-state index contributed by atoms with van der Waals surface area (Å²) in [5, 5.41) is 32.0. The molecule has 18 nitrogen and oxygen atoms in total. The molecule has 0 bridgehead atoms. The SMILES string of the molecule is CC(C)C[C@@H]1NC(=O)[C@H](CCCN=C(N)N)NC(=O)[C@H]2CCCN2C(=O)[C@H](C)NC(=O)[C@H]([C@@H](C)O)NC(=O)[C@H](CC(=O)O)NC1=O. The molecule has 11 N–H and O–H groups in total. The molecule has 6 amide bonds. The molecule has 258 valence electrons. The number of guanidine groups is 1. The molecule has 0 aromatic carbocycles. The van der Waals surface area contributed by atoms with E-state index in [1.165, 1.54) is 18.7 Å². The number of hydrogen-bond acceptors (Lipinski definition) is 9. The Labute approximate surface area is 266 Å². The number of nitrogens with one attached hydrogen (secondary N) is 5. The van der Waals surface area contributed by atoms with Crippen LogP contribution >= 0.6 is 0 Å². The second-order valence-corrected chi connectivity index (χ2v) is 12.0. The summed E-state index contributed by atoms with van der Waals surface area (Å²) >= 11 is 0. The van der Waals surface area contributed by atoms with E-state index in [2.05, 4.69) is 31.6 Å². The summed E-state index contributed by atoms with van der Waals surface area (Å²) < 4.78 is 0. The lowest BCUT2D eigenvalue weighted by molar-refractivity contribution is -0.143. The van der Waals surface area contributed by atoms with E-state index in [4.69, 9.17) is 11.5 Å². The van der Waals surface area contributed by atoms with Crippen LogP contribution in [0.3, 0.4) is 0 Å². The number of aliphatic hydroxyl groups is 1. The van der Waals surface area contributed by atoms with E-state index >= 15 is 0 Å². The first kappa shape index (κ1) is 37.7. The summed E-state index contributed by atoms with van der Waals surface area (Å²) in [6.45, 7) is 6.47. The molecule has 2 aliphatic heterocycles. The molecule has 0 unspecified atom stereocenters. The minimum absolute atomic E-state index is 0.0578. The molecular weight excluding hydrogens is 606 g/mol. The van der Waals surface area contributed by atoms with Crippen molar-refractivity contribution in [1.29, 1.82) is 0 Å². The van der Waals surface area contributed by atoms with Crippen LogP contribution in [-0.4, -0.2) is 118 Å². The molecule has 46 heavy (non-hydrogen) atoms. The van der Waals surface area contributed by atoms with E-state index in [9.17, 15) is 43.8 Å². The van der Waals surface area contributed by atoms with Crippen molar-refractivity contribution < 1.29 is 43.8 Å². The fourth-order valence-corrected chi connectivity index (χ4v) is 5.25. The molecule has 18 heteroatoms. The normalized spacial score (nSPS) is 27.7. The molecule has 0 saturated carbocycles. The molecule has 2 aliphatic rings. The van der Waals surface area contributed by atoms with E-state index in [0.717, 1.165) is 0 Å². The number of rotatable bonds is 9. The number of nitrogens with zero attached hydrogens (tertiary/aromatic N) is 2. The molecule has 0 aromatic rings. The number of aliphatic imine (C=N–C) groups is 1. The summed E-state index contributed by atoms with van der Waals surface area (Å²) in [5.41, 5.74) is 10.8. The lowest BCUT2D eigenvalue weighted by atomic mass is 10.0. The van der Waals surface area contributed by atoms with E-state index in [1.54, 1.807) is 13.8 Å². The number of aliphatic carboxylic acids is 1. The van der Waals surface area contributed by atoms with Crippen molar-refractivity contribution >= 4 is 47.4 Å². The smallest absolute Gasteiger partial charge is 0.305 e. The van der Waals surface area contributed by atoms with Gasteiger partial charge in [-0.05, 0) is 51.9 Å². The highest BCUT2D eigenvalue weighted by Gasteiger charge is 2.40. The zero-order valence-electron chi connectivity index (χ0n) is 26.6. The van der Waals surface area contributed by atoms with Gasteiger partial charge in [0.15, 0.2) is 5.96 Å². The number of carboxylic acid groups (broad SMARTS) is 1. The first-order valence-corrected chi connectivity index (χ1v) is 15.3. The molecule has 2 saturated heterocycles. The van der Waals surface area contributed by atoms with Gasteiger partial charge >= 0.3 is 5.97 Å². The Hall–Kier alpha value is -4.48. The monoisotopic (exact) mass is 653 g/mol. The predicted octanol–water partition coefficient (Wildman–Crippen LogP) is -3.61. The Kier molecular flexibility index (Phi) is 14.2. The minimum Gasteiger partial charge on any atom is -0.481 e. The first-order chi connectivity index (χ1) is 21.5. The average Bonchev–Trinajstić information content (AvgIpc) is 3.44. The van der Waals surface area contributed by atoms with E-state index < -0.39 is 90.2 Å². The zero-order chi connectivity index (χ0) is 34.7. The Morgan fingerprint density at radius 3 is 2.07 bits per heavy atom. The summed E-state index contributed by atoms with van der Waals surface area (Å²) in [7, 11) is 0. The molecule has 7 atom stereocenters. The molecule has 2 rings (SSSR count). The largest absolute Gasteiger partial charge is 0.481 e. The Balaban J connectivity index is 2.54. The number of carboxylic acids is 1. The maximum absolute atomic E-state index is 13.6. The fraction of sp³-hybridized carbons (Fsp3) is 0.714.